The second-order valence-corrected chi connectivity index (χ2v) is 5.70. The van der Waals surface area contributed by atoms with Gasteiger partial charge in [-0.2, -0.15) is 0 Å². The van der Waals surface area contributed by atoms with Crippen molar-refractivity contribution in [1.29, 1.82) is 0 Å². The van der Waals surface area contributed by atoms with E-state index < -0.39 is 0 Å². The van der Waals surface area contributed by atoms with Gasteiger partial charge in [-0.3, -0.25) is 4.98 Å². The summed E-state index contributed by atoms with van der Waals surface area (Å²) >= 11 is 0. The fourth-order valence-electron chi connectivity index (χ4n) is 2.39. The smallest absolute Gasteiger partial charge is 0.0372 e. The van der Waals surface area contributed by atoms with Crippen LogP contribution in [0.3, 0.4) is 0 Å². The lowest BCUT2D eigenvalue weighted by Gasteiger charge is -2.39. The van der Waals surface area contributed by atoms with E-state index in [0.717, 1.165) is 25.3 Å². The Balaban J connectivity index is 1.91. The van der Waals surface area contributed by atoms with Crippen molar-refractivity contribution < 1.29 is 0 Å². The number of piperidine rings is 1. The quantitative estimate of drug-likeness (QED) is 0.837. The summed E-state index contributed by atoms with van der Waals surface area (Å²) in [7, 11) is 0. The predicted octanol–water partition coefficient (Wildman–Crippen LogP) is 1.87. The molecule has 0 radical (unpaired) electrons. The fraction of sp³-hybridized carbons (Fsp3) is 0.643. The van der Waals surface area contributed by atoms with Gasteiger partial charge in [0.1, 0.15) is 0 Å². The molecule has 3 heteroatoms. The minimum absolute atomic E-state index is 0.330. The first-order chi connectivity index (χ1) is 8.08. The molecule has 1 saturated heterocycles. The average Bonchev–Trinajstić information content (AvgIpc) is 2.29. The number of nitrogens with zero attached hydrogens (tertiary/aromatic N) is 1. The van der Waals surface area contributed by atoms with E-state index in [0.29, 0.717) is 11.5 Å². The maximum atomic E-state index is 4.33. The van der Waals surface area contributed by atoms with Crippen LogP contribution in [0, 0.1) is 12.3 Å². The number of rotatable bonds is 3. The van der Waals surface area contributed by atoms with Crippen molar-refractivity contribution >= 4 is 0 Å². The topological polar surface area (TPSA) is 37.0 Å². The van der Waals surface area contributed by atoms with Crippen molar-refractivity contribution in [3.63, 3.8) is 0 Å². The molecule has 2 heterocycles. The first-order valence-electron chi connectivity index (χ1n) is 6.43. The zero-order valence-electron chi connectivity index (χ0n) is 11.1. The third-order valence-electron chi connectivity index (χ3n) is 3.66. The van der Waals surface area contributed by atoms with Gasteiger partial charge >= 0.3 is 0 Å². The second-order valence-electron chi connectivity index (χ2n) is 5.70. The van der Waals surface area contributed by atoms with E-state index in [-0.39, 0.29) is 0 Å². The Kier molecular flexibility index (Phi) is 3.79. The Bertz CT molecular complexity index is 356. The molecule has 0 amide bonds. The van der Waals surface area contributed by atoms with Crippen molar-refractivity contribution in [3.05, 3.63) is 29.6 Å². The third kappa shape index (κ3) is 3.27. The first kappa shape index (κ1) is 12.5. The maximum absolute atomic E-state index is 4.33. The summed E-state index contributed by atoms with van der Waals surface area (Å²) in [5.74, 6) is 0. The minimum Gasteiger partial charge on any atom is -0.316 e. The molecule has 1 aromatic rings. The van der Waals surface area contributed by atoms with E-state index in [1.165, 1.54) is 12.0 Å². The molecule has 0 aliphatic carbocycles. The van der Waals surface area contributed by atoms with Gasteiger partial charge in [0, 0.05) is 31.0 Å². The van der Waals surface area contributed by atoms with Crippen LogP contribution in [-0.4, -0.2) is 24.1 Å². The molecule has 1 fully saturated rings. The number of aromatic nitrogens is 1. The van der Waals surface area contributed by atoms with Gasteiger partial charge in [-0.1, -0.05) is 19.9 Å². The van der Waals surface area contributed by atoms with Gasteiger partial charge in [-0.25, -0.2) is 0 Å². The van der Waals surface area contributed by atoms with Gasteiger partial charge in [0.25, 0.3) is 0 Å². The normalized spacial score (nSPS) is 23.6. The summed E-state index contributed by atoms with van der Waals surface area (Å²) in [5, 5.41) is 7.13. The molecule has 0 aromatic carbocycles. The van der Waals surface area contributed by atoms with Crippen LogP contribution in [0.15, 0.2) is 18.3 Å². The molecular weight excluding hydrogens is 210 g/mol. The molecule has 0 spiro atoms. The van der Waals surface area contributed by atoms with Gasteiger partial charge in [0.15, 0.2) is 0 Å². The van der Waals surface area contributed by atoms with E-state index in [2.05, 4.69) is 41.6 Å². The zero-order valence-corrected chi connectivity index (χ0v) is 11.1. The molecule has 1 aromatic heterocycles. The molecule has 94 valence electrons. The Morgan fingerprint density at radius 1 is 1.47 bits per heavy atom. The molecule has 1 aliphatic rings. The van der Waals surface area contributed by atoms with E-state index in [1.807, 2.05) is 13.1 Å². The maximum Gasteiger partial charge on any atom is 0.0372 e. The highest BCUT2D eigenvalue weighted by Gasteiger charge is 2.31. The van der Waals surface area contributed by atoms with Crippen LogP contribution in [0.4, 0.5) is 0 Å². The molecule has 0 saturated carbocycles. The van der Waals surface area contributed by atoms with Crippen LogP contribution in [0.1, 0.15) is 31.5 Å². The summed E-state index contributed by atoms with van der Waals surface area (Å²) in [4.78, 5) is 4.33. The molecule has 1 aliphatic heterocycles. The Labute approximate surface area is 104 Å². The van der Waals surface area contributed by atoms with Gasteiger partial charge in [-0.05, 0) is 36.9 Å². The predicted molar refractivity (Wildman–Crippen MR) is 70.9 cm³/mol. The highest BCUT2D eigenvalue weighted by Crippen LogP contribution is 2.25. The average molecular weight is 233 g/mol. The summed E-state index contributed by atoms with van der Waals surface area (Å²) in [6.07, 6.45) is 3.17. The molecule has 1 unspecified atom stereocenters. The minimum atomic E-state index is 0.330. The van der Waals surface area contributed by atoms with Gasteiger partial charge < -0.3 is 10.6 Å². The van der Waals surface area contributed by atoms with Crippen molar-refractivity contribution in [2.45, 2.75) is 39.8 Å². The fourth-order valence-corrected chi connectivity index (χ4v) is 2.39. The Morgan fingerprint density at radius 3 is 2.94 bits per heavy atom. The van der Waals surface area contributed by atoms with Gasteiger partial charge in [0.2, 0.25) is 0 Å². The summed E-state index contributed by atoms with van der Waals surface area (Å²) in [6, 6.07) is 4.82. The number of hydrogen-bond donors (Lipinski definition) is 2. The zero-order chi connectivity index (χ0) is 12.3. The lowest BCUT2D eigenvalue weighted by Crippen LogP contribution is -2.52. The van der Waals surface area contributed by atoms with Gasteiger partial charge in [0.05, 0.1) is 0 Å². The SMILES string of the molecule is Cc1ccc(CNC2CCNCC2(C)C)cn1. The monoisotopic (exact) mass is 233 g/mol. The van der Waals surface area contributed by atoms with Crippen LogP contribution in [-0.2, 0) is 6.54 Å². The van der Waals surface area contributed by atoms with E-state index in [4.69, 9.17) is 0 Å². The molecular formula is C14H23N3. The Hall–Kier alpha value is -0.930. The van der Waals surface area contributed by atoms with E-state index in [1.54, 1.807) is 0 Å². The van der Waals surface area contributed by atoms with Crippen molar-refractivity contribution in [3.8, 4) is 0 Å². The van der Waals surface area contributed by atoms with Gasteiger partial charge in [-0.15, -0.1) is 0 Å². The molecule has 2 N–H and O–H groups in total. The standard InChI is InChI=1S/C14H23N3/c1-11-4-5-12(8-16-11)9-17-13-6-7-15-10-14(13,2)3/h4-5,8,13,15,17H,6-7,9-10H2,1-3H3. The van der Waals surface area contributed by atoms with Crippen LogP contribution < -0.4 is 10.6 Å². The van der Waals surface area contributed by atoms with E-state index >= 15 is 0 Å². The second kappa shape index (κ2) is 5.15. The molecule has 17 heavy (non-hydrogen) atoms. The summed E-state index contributed by atoms with van der Waals surface area (Å²) < 4.78 is 0. The highest BCUT2D eigenvalue weighted by atomic mass is 15.0. The van der Waals surface area contributed by atoms with Crippen molar-refractivity contribution in [1.82, 2.24) is 15.6 Å². The lowest BCUT2D eigenvalue weighted by atomic mass is 9.80. The molecule has 1 atom stereocenters. The lowest BCUT2D eigenvalue weighted by molar-refractivity contribution is 0.184. The van der Waals surface area contributed by atoms with Crippen LogP contribution >= 0.6 is 0 Å². The van der Waals surface area contributed by atoms with Crippen molar-refractivity contribution in [2.75, 3.05) is 13.1 Å². The van der Waals surface area contributed by atoms with Crippen LogP contribution in [0.5, 0.6) is 0 Å². The van der Waals surface area contributed by atoms with E-state index in [9.17, 15) is 0 Å². The number of aryl methyl sites for hydroxylation is 1. The molecule has 0 bridgehead atoms. The number of pyridine rings is 1. The highest BCUT2D eigenvalue weighted by molar-refractivity contribution is 5.13. The number of nitrogens with one attached hydrogen (secondary N) is 2. The van der Waals surface area contributed by atoms with Crippen LogP contribution in [0.25, 0.3) is 0 Å². The number of hydrogen-bond acceptors (Lipinski definition) is 3. The largest absolute Gasteiger partial charge is 0.316 e. The van der Waals surface area contributed by atoms with Crippen LogP contribution in [0.2, 0.25) is 0 Å². The summed E-state index contributed by atoms with van der Waals surface area (Å²) in [6.45, 7) is 9.80. The summed E-state index contributed by atoms with van der Waals surface area (Å²) in [5.41, 5.74) is 2.68. The third-order valence-corrected chi connectivity index (χ3v) is 3.66. The first-order valence-corrected chi connectivity index (χ1v) is 6.43. The van der Waals surface area contributed by atoms with Crippen molar-refractivity contribution in [2.24, 2.45) is 5.41 Å². The Morgan fingerprint density at radius 2 is 2.29 bits per heavy atom. The molecule has 2 rings (SSSR count). The molecule has 3 nitrogen and oxygen atoms in total.